The van der Waals surface area contributed by atoms with Gasteiger partial charge in [-0.3, -0.25) is 0 Å². The number of hydrogen-bond donors (Lipinski definition) is 0. The smallest absolute Gasteiger partial charge is 0.192 e. The molecule has 6 fully saturated rings. The van der Waals surface area contributed by atoms with E-state index in [0.29, 0.717) is 25.7 Å². The monoisotopic (exact) mass is 1000 g/mol. The molecule has 0 N–H and O–H groups in total. The van der Waals surface area contributed by atoms with Gasteiger partial charge in [0.05, 0.1) is 69.7 Å². The van der Waals surface area contributed by atoms with Crippen molar-refractivity contribution < 1.29 is 47.1 Å². The van der Waals surface area contributed by atoms with E-state index in [-0.39, 0.29) is 65.7 Å². The lowest BCUT2D eigenvalue weighted by Crippen LogP contribution is -2.53. The van der Waals surface area contributed by atoms with Crippen LogP contribution in [0, 0.1) is 17.8 Å². The molecule has 0 bridgehead atoms. The predicted octanol–water partition coefficient (Wildman–Crippen LogP) is 14.2. The maximum Gasteiger partial charge on any atom is 0.192 e. The Hall–Kier alpha value is -2.16. The first-order valence-corrected chi connectivity index (χ1v) is 31.1. The Bertz CT molecular complexity index is 1930. The highest BCUT2D eigenvalue weighted by molar-refractivity contribution is 6.74. The molecule has 0 aromatic heterocycles. The highest BCUT2D eigenvalue weighted by Gasteiger charge is 2.51. The first-order valence-electron chi connectivity index (χ1n) is 28.2. The van der Waals surface area contributed by atoms with Crippen molar-refractivity contribution in [3.05, 3.63) is 77.9 Å². The zero-order valence-corrected chi connectivity index (χ0v) is 46.6. The minimum atomic E-state index is -2.20. The van der Waals surface area contributed by atoms with Gasteiger partial charge in [0.25, 0.3) is 0 Å². The van der Waals surface area contributed by atoms with Gasteiger partial charge in [0.15, 0.2) is 25.7 Å². The predicted molar refractivity (Wildman–Crippen MR) is 283 cm³/mol. The highest BCUT2D eigenvalue weighted by Crippen LogP contribution is 2.48. The van der Waals surface area contributed by atoms with E-state index < -0.39 is 25.7 Å². The van der Waals surface area contributed by atoms with Crippen molar-refractivity contribution in [2.75, 3.05) is 13.7 Å². The van der Waals surface area contributed by atoms with Crippen LogP contribution < -0.4 is 4.74 Å². The molecule has 11 heteroatoms. The molecular formula is C60H94O10Si. The molecule has 10 atom stereocenters. The van der Waals surface area contributed by atoms with Crippen molar-refractivity contribution >= 4 is 8.32 Å². The largest absolute Gasteiger partial charge is 0.497 e. The normalized spacial score (nSPS) is 29.3. The molecule has 0 unspecified atom stereocenters. The fourth-order valence-electron chi connectivity index (χ4n) is 12.4. The third kappa shape index (κ3) is 14.8. The Morgan fingerprint density at radius 3 is 1.76 bits per heavy atom. The second-order valence-electron chi connectivity index (χ2n) is 24.6. The quantitative estimate of drug-likeness (QED) is 0.0889. The molecule has 0 amide bonds. The highest BCUT2D eigenvalue weighted by atomic mass is 28.4. The molecule has 2 aromatic carbocycles. The van der Waals surface area contributed by atoms with Gasteiger partial charge in [-0.2, -0.15) is 0 Å². The first kappa shape index (κ1) is 55.1. The van der Waals surface area contributed by atoms with Crippen LogP contribution in [0.1, 0.15) is 175 Å². The molecule has 398 valence electrons. The van der Waals surface area contributed by atoms with E-state index in [4.69, 9.17) is 47.1 Å². The van der Waals surface area contributed by atoms with Crippen LogP contribution in [-0.4, -0.2) is 88.2 Å². The van der Waals surface area contributed by atoms with Gasteiger partial charge in [0, 0.05) is 82.1 Å². The minimum Gasteiger partial charge on any atom is -0.497 e. The molecule has 6 aliphatic rings. The van der Waals surface area contributed by atoms with Crippen LogP contribution in [0.2, 0.25) is 18.1 Å². The Kier molecular flexibility index (Phi) is 18.8. The second kappa shape index (κ2) is 24.2. The summed E-state index contributed by atoms with van der Waals surface area (Å²) in [6.45, 7) is 22.8. The van der Waals surface area contributed by atoms with Gasteiger partial charge in [0.2, 0.25) is 0 Å². The van der Waals surface area contributed by atoms with Gasteiger partial charge < -0.3 is 47.1 Å². The van der Waals surface area contributed by atoms with Gasteiger partial charge in [0.1, 0.15) is 5.75 Å². The summed E-state index contributed by atoms with van der Waals surface area (Å²) < 4.78 is 68.3. The number of ether oxygens (including phenoxy) is 9. The van der Waals surface area contributed by atoms with Gasteiger partial charge in [-0.05, 0) is 98.7 Å². The topological polar surface area (TPSA) is 92.3 Å². The van der Waals surface area contributed by atoms with E-state index in [1.165, 1.54) is 5.56 Å². The summed E-state index contributed by atoms with van der Waals surface area (Å²) >= 11 is 0. The van der Waals surface area contributed by atoms with E-state index >= 15 is 0 Å². The third-order valence-electron chi connectivity index (χ3n) is 17.2. The van der Waals surface area contributed by atoms with Crippen molar-refractivity contribution in [1.29, 1.82) is 0 Å². The Morgan fingerprint density at radius 2 is 1.18 bits per heavy atom. The number of methoxy groups -OCH3 is 1. The average molecular weight is 1000 g/mol. The van der Waals surface area contributed by atoms with Gasteiger partial charge >= 0.3 is 0 Å². The van der Waals surface area contributed by atoms with Crippen LogP contribution in [0.3, 0.4) is 0 Å². The van der Waals surface area contributed by atoms with Crippen molar-refractivity contribution in [3.63, 3.8) is 0 Å². The molecule has 3 spiro atoms. The van der Waals surface area contributed by atoms with Crippen molar-refractivity contribution in [3.8, 4) is 5.75 Å². The van der Waals surface area contributed by atoms with Crippen LogP contribution in [0.5, 0.6) is 5.75 Å². The molecule has 0 radical (unpaired) electrons. The summed E-state index contributed by atoms with van der Waals surface area (Å²) in [7, 11) is -0.495. The summed E-state index contributed by atoms with van der Waals surface area (Å²) in [5.41, 5.74) is 2.34. The summed E-state index contributed by atoms with van der Waals surface area (Å²) in [5.74, 6) is 0.0507. The van der Waals surface area contributed by atoms with E-state index in [1.54, 1.807) is 7.11 Å². The molecule has 3 saturated carbocycles. The van der Waals surface area contributed by atoms with Crippen LogP contribution in [-0.2, 0) is 55.5 Å². The summed E-state index contributed by atoms with van der Waals surface area (Å²) in [5, 5.41) is 0.0564. The lowest BCUT2D eigenvalue weighted by molar-refractivity contribution is -0.344. The van der Waals surface area contributed by atoms with Crippen molar-refractivity contribution in [2.24, 2.45) is 17.8 Å². The van der Waals surface area contributed by atoms with Gasteiger partial charge in [-0.15, -0.1) is 0 Å². The summed E-state index contributed by atoms with van der Waals surface area (Å²) in [6, 6.07) is 18.6. The molecule has 3 aliphatic carbocycles. The number of rotatable bonds is 21. The zero-order chi connectivity index (χ0) is 50.3. The number of benzene rings is 2. The summed E-state index contributed by atoms with van der Waals surface area (Å²) in [6.07, 6.45) is 22.2. The fourth-order valence-corrected chi connectivity index (χ4v) is 13.8. The molecule has 3 saturated heterocycles. The van der Waals surface area contributed by atoms with Crippen LogP contribution in [0.25, 0.3) is 0 Å². The van der Waals surface area contributed by atoms with Crippen molar-refractivity contribution in [2.45, 2.75) is 262 Å². The minimum absolute atomic E-state index is 0.00120. The zero-order valence-electron chi connectivity index (χ0n) is 45.6. The maximum absolute atomic E-state index is 7.53. The second-order valence-corrected chi connectivity index (χ2v) is 29.4. The lowest BCUT2D eigenvalue weighted by atomic mass is 9.90. The molecule has 10 nitrogen and oxygen atoms in total. The Labute approximate surface area is 430 Å². The van der Waals surface area contributed by atoms with E-state index in [1.807, 2.05) is 12.1 Å². The van der Waals surface area contributed by atoms with E-state index in [2.05, 4.69) is 116 Å². The standard InChI is InChI=1S/C60H94O10Si/c1-43(2)56(63-42-47-23-26-48(61-8)27-24-47)44(3)22-25-49-34-50(65-58(64-49)28-14-15-29-58)37-54(70-71(9,10)57(5,6)7)38-52-35-51(66-59(67-52)30-16-17-31-59)36-53-39-55(69-60(68-53)32-18-19-33-60)45(4)40-62-41-46-20-12-11-13-21-46/h11-13,20-27,43-45,49-56H,14-19,28-42H2,1-10H3/b25-22+/t44-,45-,49-,50-,51-,52+,53+,54+,55+,56-/m0/s1. The van der Waals surface area contributed by atoms with Gasteiger partial charge in [-0.25, -0.2) is 0 Å². The van der Waals surface area contributed by atoms with Crippen molar-refractivity contribution in [1.82, 2.24) is 0 Å². The average Bonchev–Trinajstić information content (AvgIpc) is 4.10. The molecule has 2 aromatic rings. The van der Waals surface area contributed by atoms with Crippen LogP contribution in [0.4, 0.5) is 0 Å². The lowest BCUT2D eigenvalue weighted by Gasteiger charge is -2.48. The third-order valence-corrected chi connectivity index (χ3v) is 21.8. The molecular weight excluding hydrogens is 909 g/mol. The molecule has 8 rings (SSSR count). The SMILES string of the molecule is COc1ccc(CO[C@@H](C(C)C)[C@@H](C)/C=C/[C@H]2C[C@@H](C[C@H](C[C@H]3C[C@@H](C[C@@H]4C[C@H]([C@@H](C)COCc5ccccc5)OC5(CCCC5)O4)OC4(CCCC4)O3)O[Si](C)(C)C(C)(C)C)OC3(CCCC3)O2)cc1. The number of hydrogen-bond acceptors (Lipinski definition) is 10. The molecule has 3 aliphatic heterocycles. The first-order chi connectivity index (χ1) is 33.9. The van der Waals surface area contributed by atoms with E-state index in [9.17, 15) is 0 Å². The van der Waals surface area contributed by atoms with Crippen LogP contribution in [0.15, 0.2) is 66.7 Å². The maximum atomic E-state index is 7.53. The van der Waals surface area contributed by atoms with Gasteiger partial charge in [-0.1, -0.05) is 103 Å². The van der Waals surface area contributed by atoms with E-state index in [0.717, 1.165) is 127 Å². The molecule has 3 heterocycles. The summed E-state index contributed by atoms with van der Waals surface area (Å²) in [4.78, 5) is 0. The molecule has 71 heavy (non-hydrogen) atoms. The fraction of sp³-hybridized carbons (Fsp3) is 0.767. The Balaban J connectivity index is 0.959. The Morgan fingerprint density at radius 1 is 0.648 bits per heavy atom. The van der Waals surface area contributed by atoms with Crippen LogP contribution >= 0.6 is 0 Å².